The smallest absolute Gasteiger partial charge is 0.191 e. The van der Waals surface area contributed by atoms with Gasteiger partial charge in [0.2, 0.25) is 0 Å². The van der Waals surface area contributed by atoms with E-state index in [4.69, 9.17) is 14.5 Å². The van der Waals surface area contributed by atoms with Gasteiger partial charge in [-0.05, 0) is 50.7 Å². The molecule has 0 aromatic heterocycles. The lowest BCUT2D eigenvalue weighted by atomic mass is 9.96. The molecule has 1 aromatic rings. The second-order valence-electron chi connectivity index (χ2n) is 7.85. The summed E-state index contributed by atoms with van der Waals surface area (Å²) in [6.07, 6.45) is 5.50. The van der Waals surface area contributed by atoms with Crippen LogP contribution in [0.1, 0.15) is 32.6 Å². The summed E-state index contributed by atoms with van der Waals surface area (Å²) in [6, 6.07) is 8.69. The maximum Gasteiger partial charge on any atom is 0.191 e. The van der Waals surface area contributed by atoms with Crippen LogP contribution < -0.4 is 20.3 Å². The first-order valence-corrected chi connectivity index (χ1v) is 10.3. The topological polar surface area (TPSA) is 58.1 Å². The van der Waals surface area contributed by atoms with Crippen LogP contribution in [0.2, 0.25) is 0 Å². The van der Waals surface area contributed by atoms with Crippen molar-refractivity contribution in [1.29, 1.82) is 0 Å². The molecular formula is C21H33IN4O2. The van der Waals surface area contributed by atoms with E-state index >= 15 is 0 Å². The minimum Gasteiger partial charge on any atom is -0.495 e. The molecule has 0 radical (unpaired) electrons. The Bertz CT molecular complexity index is 672. The zero-order valence-electron chi connectivity index (χ0n) is 16.9. The monoisotopic (exact) mass is 500 g/mol. The highest BCUT2D eigenvalue weighted by atomic mass is 127. The van der Waals surface area contributed by atoms with Gasteiger partial charge in [-0.2, -0.15) is 0 Å². The van der Waals surface area contributed by atoms with Gasteiger partial charge in [-0.3, -0.25) is 4.99 Å². The highest BCUT2D eigenvalue weighted by Crippen LogP contribution is 2.34. The summed E-state index contributed by atoms with van der Waals surface area (Å²) in [4.78, 5) is 7.31. The minimum absolute atomic E-state index is 0. The normalized spacial score (nSPS) is 28.9. The summed E-state index contributed by atoms with van der Waals surface area (Å²) in [7, 11) is 1.74. The lowest BCUT2D eigenvalue weighted by molar-refractivity contribution is 0.0992. The Morgan fingerprint density at radius 3 is 2.86 bits per heavy atom. The van der Waals surface area contributed by atoms with Gasteiger partial charge < -0.3 is 25.0 Å². The van der Waals surface area contributed by atoms with Gasteiger partial charge in [-0.15, -0.1) is 24.0 Å². The maximum atomic E-state index is 5.96. The predicted molar refractivity (Wildman–Crippen MR) is 124 cm³/mol. The molecule has 2 bridgehead atoms. The van der Waals surface area contributed by atoms with Crippen molar-refractivity contribution >= 4 is 35.6 Å². The fourth-order valence-corrected chi connectivity index (χ4v) is 4.60. The summed E-state index contributed by atoms with van der Waals surface area (Å²) in [6.45, 7) is 5.94. The first-order chi connectivity index (χ1) is 13.3. The van der Waals surface area contributed by atoms with Crippen LogP contribution in [0, 0.1) is 5.92 Å². The molecular weight excluding hydrogens is 467 g/mol. The van der Waals surface area contributed by atoms with E-state index in [-0.39, 0.29) is 24.0 Å². The number of para-hydroxylation sites is 2. The van der Waals surface area contributed by atoms with Gasteiger partial charge in [0, 0.05) is 26.2 Å². The van der Waals surface area contributed by atoms with Gasteiger partial charge in [0.15, 0.2) is 5.96 Å². The van der Waals surface area contributed by atoms with Crippen molar-refractivity contribution in [2.24, 2.45) is 10.9 Å². The van der Waals surface area contributed by atoms with Crippen molar-refractivity contribution in [3.05, 3.63) is 24.3 Å². The standard InChI is InChI=1S/C21H32N4O2.HI/c1-3-22-21(24-17-12-16-8-9-19(17)27-16)23-13-15-10-11-25(14-15)18-6-4-5-7-20(18)26-2;/h4-7,15-17,19H,3,8-14H2,1-2H3,(H2,22,23,24);1H. The summed E-state index contributed by atoms with van der Waals surface area (Å²) in [5, 5.41) is 7.02. The van der Waals surface area contributed by atoms with Crippen molar-refractivity contribution in [1.82, 2.24) is 10.6 Å². The lowest BCUT2D eigenvalue weighted by Crippen LogP contribution is -2.47. The summed E-state index contributed by atoms with van der Waals surface area (Å²) >= 11 is 0. The molecule has 7 heteroatoms. The zero-order valence-corrected chi connectivity index (χ0v) is 19.2. The number of guanidine groups is 1. The molecule has 3 aliphatic heterocycles. The number of anilines is 1. The highest BCUT2D eigenvalue weighted by Gasteiger charge is 2.41. The Balaban J connectivity index is 0.00000225. The summed E-state index contributed by atoms with van der Waals surface area (Å²) in [5.41, 5.74) is 1.19. The van der Waals surface area contributed by atoms with E-state index in [0.29, 0.717) is 24.2 Å². The summed E-state index contributed by atoms with van der Waals surface area (Å²) in [5.74, 6) is 2.46. The van der Waals surface area contributed by atoms with E-state index in [2.05, 4.69) is 34.6 Å². The molecule has 0 spiro atoms. The van der Waals surface area contributed by atoms with Crippen LogP contribution in [0.5, 0.6) is 5.75 Å². The highest BCUT2D eigenvalue weighted by molar-refractivity contribution is 14.0. The number of hydrogen-bond acceptors (Lipinski definition) is 4. The minimum atomic E-state index is 0. The molecule has 0 aliphatic carbocycles. The van der Waals surface area contributed by atoms with Gasteiger partial charge in [-0.1, -0.05) is 12.1 Å². The number of methoxy groups -OCH3 is 1. The van der Waals surface area contributed by atoms with Crippen LogP contribution in [0.4, 0.5) is 5.69 Å². The molecule has 2 N–H and O–H groups in total. The molecule has 3 heterocycles. The van der Waals surface area contributed by atoms with Crippen molar-refractivity contribution in [2.75, 3.05) is 38.2 Å². The molecule has 3 saturated heterocycles. The van der Waals surface area contributed by atoms with E-state index in [1.54, 1.807) is 7.11 Å². The van der Waals surface area contributed by atoms with Crippen molar-refractivity contribution in [3.8, 4) is 5.75 Å². The SMILES string of the molecule is CCNC(=NCC1CCN(c2ccccc2OC)C1)NC1CC2CCC1O2.I. The number of nitrogens with zero attached hydrogens (tertiary/aromatic N) is 2. The fourth-order valence-electron chi connectivity index (χ4n) is 4.60. The van der Waals surface area contributed by atoms with Crippen LogP contribution in [-0.2, 0) is 4.74 Å². The van der Waals surface area contributed by atoms with Crippen LogP contribution in [0.25, 0.3) is 0 Å². The third-order valence-corrected chi connectivity index (χ3v) is 5.99. The van der Waals surface area contributed by atoms with Crippen LogP contribution in [0.3, 0.4) is 0 Å². The van der Waals surface area contributed by atoms with Crippen LogP contribution in [-0.4, -0.2) is 57.5 Å². The Hall–Kier alpha value is -1.22. The lowest BCUT2D eigenvalue weighted by Gasteiger charge is -2.23. The first kappa shape index (κ1) is 21.5. The quantitative estimate of drug-likeness (QED) is 0.358. The number of fused-ring (bicyclic) bond motifs is 2. The second-order valence-corrected chi connectivity index (χ2v) is 7.85. The molecule has 28 heavy (non-hydrogen) atoms. The number of hydrogen-bond donors (Lipinski definition) is 2. The number of aliphatic imine (C=N–C) groups is 1. The molecule has 4 atom stereocenters. The number of benzene rings is 1. The molecule has 156 valence electrons. The first-order valence-electron chi connectivity index (χ1n) is 10.3. The van der Waals surface area contributed by atoms with E-state index < -0.39 is 0 Å². The maximum absolute atomic E-state index is 5.96. The average molecular weight is 500 g/mol. The molecule has 6 nitrogen and oxygen atoms in total. The van der Waals surface area contributed by atoms with E-state index in [1.165, 1.54) is 18.5 Å². The third-order valence-electron chi connectivity index (χ3n) is 5.99. The fraction of sp³-hybridized carbons (Fsp3) is 0.667. The number of rotatable bonds is 6. The second kappa shape index (κ2) is 10.0. The molecule has 3 aliphatic rings. The van der Waals surface area contributed by atoms with E-state index in [1.807, 2.05) is 12.1 Å². The average Bonchev–Trinajstić information content (AvgIpc) is 3.43. The summed E-state index contributed by atoms with van der Waals surface area (Å²) < 4.78 is 11.5. The van der Waals surface area contributed by atoms with Gasteiger partial charge in [0.1, 0.15) is 5.75 Å². The van der Waals surface area contributed by atoms with Crippen molar-refractivity contribution in [2.45, 2.75) is 50.9 Å². The van der Waals surface area contributed by atoms with Gasteiger partial charge in [0.25, 0.3) is 0 Å². The Labute approximate surface area is 185 Å². The molecule has 1 aromatic carbocycles. The van der Waals surface area contributed by atoms with Gasteiger partial charge >= 0.3 is 0 Å². The Morgan fingerprint density at radius 2 is 2.14 bits per heavy atom. The predicted octanol–water partition coefficient (Wildman–Crippen LogP) is 3.01. The largest absolute Gasteiger partial charge is 0.495 e. The molecule has 3 fully saturated rings. The molecule has 4 unspecified atom stereocenters. The number of nitrogens with one attached hydrogen (secondary N) is 2. The molecule has 0 saturated carbocycles. The van der Waals surface area contributed by atoms with Gasteiger partial charge in [0.05, 0.1) is 31.0 Å². The van der Waals surface area contributed by atoms with Crippen LogP contribution >= 0.6 is 24.0 Å². The third kappa shape index (κ3) is 4.84. The zero-order chi connectivity index (χ0) is 18.6. The van der Waals surface area contributed by atoms with Crippen LogP contribution in [0.15, 0.2) is 29.3 Å². The Kier molecular flexibility index (Phi) is 7.68. The number of halogens is 1. The Morgan fingerprint density at radius 1 is 1.29 bits per heavy atom. The molecule has 0 amide bonds. The molecule has 4 rings (SSSR count). The van der Waals surface area contributed by atoms with Crippen molar-refractivity contribution < 1.29 is 9.47 Å². The van der Waals surface area contributed by atoms with Gasteiger partial charge in [-0.25, -0.2) is 0 Å². The van der Waals surface area contributed by atoms with E-state index in [0.717, 1.165) is 50.7 Å². The van der Waals surface area contributed by atoms with Crippen molar-refractivity contribution in [3.63, 3.8) is 0 Å². The van der Waals surface area contributed by atoms with E-state index in [9.17, 15) is 0 Å². The number of ether oxygens (including phenoxy) is 2.